The molecule has 6 heteroatoms. The van der Waals surface area contributed by atoms with Gasteiger partial charge in [-0.3, -0.25) is 9.59 Å². The van der Waals surface area contributed by atoms with E-state index < -0.39 is 11.8 Å². The summed E-state index contributed by atoms with van der Waals surface area (Å²) in [5.41, 5.74) is 2.06. The summed E-state index contributed by atoms with van der Waals surface area (Å²) in [5, 5.41) is 5.87. The third-order valence-electron chi connectivity index (χ3n) is 3.65. The van der Waals surface area contributed by atoms with Gasteiger partial charge < -0.3 is 15.4 Å². The lowest BCUT2D eigenvalue weighted by Crippen LogP contribution is -2.41. The van der Waals surface area contributed by atoms with Crippen LogP contribution >= 0.6 is 11.6 Å². The van der Waals surface area contributed by atoms with Crippen molar-refractivity contribution in [2.75, 3.05) is 20.2 Å². The number of carbonyl (C=O) groups is 2. The molecule has 0 bridgehead atoms. The molecule has 2 N–H and O–H groups in total. The van der Waals surface area contributed by atoms with Crippen molar-refractivity contribution in [1.29, 1.82) is 0 Å². The monoisotopic (exact) mass is 360 g/mol. The van der Waals surface area contributed by atoms with Gasteiger partial charge in [0, 0.05) is 18.1 Å². The number of carbonyl (C=O) groups excluding carboxylic acids is 2. The zero-order valence-electron chi connectivity index (χ0n) is 14.0. The van der Waals surface area contributed by atoms with Crippen LogP contribution in [0.4, 0.5) is 0 Å². The number of rotatable bonds is 7. The Morgan fingerprint density at radius 2 is 1.52 bits per heavy atom. The highest BCUT2D eigenvalue weighted by Gasteiger charge is 2.11. The van der Waals surface area contributed by atoms with Gasteiger partial charge >= 0.3 is 11.8 Å². The number of amides is 2. The molecule has 0 aliphatic rings. The first-order valence-corrected chi connectivity index (χ1v) is 8.39. The number of benzene rings is 2. The van der Waals surface area contributed by atoms with Crippen molar-refractivity contribution >= 4 is 23.4 Å². The minimum atomic E-state index is -0.628. The molecular formula is C19H21ClN2O3. The quantitative estimate of drug-likeness (QED) is 0.745. The van der Waals surface area contributed by atoms with E-state index in [4.69, 9.17) is 16.3 Å². The van der Waals surface area contributed by atoms with Crippen molar-refractivity contribution in [2.24, 2.45) is 0 Å². The molecule has 2 aromatic rings. The first kappa shape index (κ1) is 18.8. The van der Waals surface area contributed by atoms with E-state index in [1.54, 1.807) is 13.2 Å². The highest BCUT2D eigenvalue weighted by molar-refractivity contribution is 6.35. The Bertz CT molecular complexity index is 717. The van der Waals surface area contributed by atoms with Gasteiger partial charge in [0.25, 0.3) is 0 Å². The fraction of sp³-hybridized carbons (Fsp3) is 0.263. The molecule has 2 aromatic carbocycles. The zero-order valence-corrected chi connectivity index (χ0v) is 14.8. The normalized spacial score (nSPS) is 10.2. The number of methoxy groups -OCH3 is 1. The molecule has 0 saturated heterocycles. The Hall–Kier alpha value is -2.53. The third-order valence-corrected chi connectivity index (χ3v) is 3.89. The fourth-order valence-electron chi connectivity index (χ4n) is 2.29. The highest BCUT2D eigenvalue weighted by atomic mass is 35.5. The summed E-state index contributed by atoms with van der Waals surface area (Å²) in [6.07, 6.45) is 1.26. The summed E-state index contributed by atoms with van der Waals surface area (Å²) in [5.74, 6) is -0.469. The predicted octanol–water partition coefficient (Wildman–Crippen LogP) is 2.37. The van der Waals surface area contributed by atoms with E-state index in [-0.39, 0.29) is 0 Å². The second-order valence-electron chi connectivity index (χ2n) is 5.49. The van der Waals surface area contributed by atoms with Gasteiger partial charge in [0.2, 0.25) is 0 Å². The number of nitrogens with one attached hydrogen (secondary N) is 2. The molecular weight excluding hydrogens is 340 g/mol. The van der Waals surface area contributed by atoms with Crippen LogP contribution in [-0.4, -0.2) is 32.0 Å². The van der Waals surface area contributed by atoms with Crippen molar-refractivity contribution in [3.63, 3.8) is 0 Å². The Labute approximate surface area is 152 Å². The molecule has 25 heavy (non-hydrogen) atoms. The van der Waals surface area contributed by atoms with Crippen molar-refractivity contribution in [3.8, 4) is 5.75 Å². The Kier molecular flexibility index (Phi) is 7.29. The van der Waals surface area contributed by atoms with Crippen LogP contribution in [0.1, 0.15) is 11.1 Å². The SMILES string of the molecule is COc1ccc(CCNC(=O)C(=O)NCCc2cccc(Cl)c2)cc1. The number of hydrogen-bond donors (Lipinski definition) is 2. The van der Waals surface area contributed by atoms with Gasteiger partial charge in [-0.1, -0.05) is 35.9 Å². The molecule has 2 rings (SSSR count). The van der Waals surface area contributed by atoms with Gasteiger partial charge in [-0.2, -0.15) is 0 Å². The van der Waals surface area contributed by atoms with Crippen molar-refractivity contribution < 1.29 is 14.3 Å². The fourth-order valence-corrected chi connectivity index (χ4v) is 2.50. The van der Waals surface area contributed by atoms with E-state index in [2.05, 4.69) is 10.6 Å². The van der Waals surface area contributed by atoms with Gasteiger partial charge in [0.15, 0.2) is 0 Å². The van der Waals surface area contributed by atoms with E-state index >= 15 is 0 Å². The minimum absolute atomic E-state index is 0.380. The van der Waals surface area contributed by atoms with Crippen LogP contribution in [0.15, 0.2) is 48.5 Å². The predicted molar refractivity (Wildman–Crippen MR) is 97.9 cm³/mol. The first-order chi connectivity index (χ1) is 12.1. The average Bonchev–Trinajstić information content (AvgIpc) is 2.62. The topological polar surface area (TPSA) is 67.4 Å². The molecule has 0 unspecified atom stereocenters. The summed E-state index contributed by atoms with van der Waals surface area (Å²) >= 11 is 5.90. The van der Waals surface area contributed by atoms with Crippen molar-refractivity contribution in [2.45, 2.75) is 12.8 Å². The lowest BCUT2D eigenvalue weighted by Gasteiger charge is -2.07. The standard InChI is InChI=1S/C19H21ClN2O3/c1-25-17-7-5-14(6-8-17)9-11-21-18(23)19(24)22-12-10-15-3-2-4-16(20)13-15/h2-8,13H,9-12H2,1H3,(H,21,23)(H,22,24). The van der Waals surface area contributed by atoms with Gasteiger partial charge in [0.1, 0.15) is 5.75 Å². The molecule has 0 atom stereocenters. The van der Waals surface area contributed by atoms with E-state index in [1.165, 1.54) is 0 Å². The van der Waals surface area contributed by atoms with Crippen LogP contribution in [0.5, 0.6) is 5.75 Å². The molecule has 132 valence electrons. The van der Waals surface area contributed by atoms with E-state index in [0.29, 0.717) is 31.0 Å². The largest absolute Gasteiger partial charge is 0.497 e. The molecule has 0 spiro atoms. The Morgan fingerprint density at radius 1 is 0.920 bits per heavy atom. The second-order valence-corrected chi connectivity index (χ2v) is 5.93. The summed E-state index contributed by atoms with van der Waals surface area (Å²) in [6.45, 7) is 0.776. The van der Waals surface area contributed by atoms with Crippen molar-refractivity contribution in [1.82, 2.24) is 10.6 Å². The molecule has 0 saturated carbocycles. The summed E-state index contributed by atoms with van der Waals surface area (Å²) in [6, 6.07) is 15.0. The zero-order chi connectivity index (χ0) is 18.1. The molecule has 0 aromatic heterocycles. The van der Waals surface area contributed by atoms with Crippen LogP contribution < -0.4 is 15.4 Å². The third kappa shape index (κ3) is 6.47. The molecule has 0 heterocycles. The Balaban J connectivity index is 1.66. The summed E-state index contributed by atoms with van der Waals surface area (Å²) in [7, 11) is 1.61. The van der Waals surface area contributed by atoms with Gasteiger partial charge in [-0.05, 0) is 48.2 Å². The lowest BCUT2D eigenvalue weighted by atomic mass is 10.1. The molecule has 5 nitrogen and oxygen atoms in total. The maximum Gasteiger partial charge on any atom is 0.309 e. The van der Waals surface area contributed by atoms with E-state index in [9.17, 15) is 9.59 Å². The lowest BCUT2D eigenvalue weighted by molar-refractivity contribution is -0.139. The highest BCUT2D eigenvalue weighted by Crippen LogP contribution is 2.11. The van der Waals surface area contributed by atoms with Gasteiger partial charge in [-0.25, -0.2) is 0 Å². The molecule has 2 amide bonds. The number of halogens is 1. The second kappa shape index (κ2) is 9.69. The molecule has 0 aliphatic heterocycles. The van der Waals surface area contributed by atoms with Crippen LogP contribution in [-0.2, 0) is 22.4 Å². The number of hydrogen-bond acceptors (Lipinski definition) is 3. The molecule has 0 radical (unpaired) electrons. The van der Waals surface area contributed by atoms with Gasteiger partial charge in [-0.15, -0.1) is 0 Å². The smallest absolute Gasteiger partial charge is 0.309 e. The molecule has 0 aliphatic carbocycles. The summed E-state index contributed by atoms with van der Waals surface area (Å²) in [4.78, 5) is 23.5. The van der Waals surface area contributed by atoms with Crippen molar-refractivity contribution in [3.05, 3.63) is 64.7 Å². The van der Waals surface area contributed by atoms with E-state index in [1.807, 2.05) is 42.5 Å². The average molecular weight is 361 g/mol. The molecule has 0 fully saturated rings. The first-order valence-electron chi connectivity index (χ1n) is 8.02. The van der Waals surface area contributed by atoms with Crippen LogP contribution in [0.2, 0.25) is 5.02 Å². The van der Waals surface area contributed by atoms with Gasteiger partial charge in [0.05, 0.1) is 7.11 Å². The van der Waals surface area contributed by atoms with Crippen LogP contribution in [0.3, 0.4) is 0 Å². The van der Waals surface area contributed by atoms with Crippen LogP contribution in [0, 0.1) is 0 Å². The number of ether oxygens (including phenoxy) is 1. The van der Waals surface area contributed by atoms with E-state index in [0.717, 1.165) is 16.9 Å². The Morgan fingerprint density at radius 3 is 2.08 bits per heavy atom. The maximum absolute atomic E-state index is 11.8. The summed E-state index contributed by atoms with van der Waals surface area (Å²) < 4.78 is 5.09. The minimum Gasteiger partial charge on any atom is -0.497 e. The van der Waals surface area contributed by atoms with Crippen LogP contribution in [0.25, 0.3) is 0 Å². The maximum atomic E-state index is 11.8.